The number of benzene rings is 1. The van der Waals surface area contributed by atoms with E-state index >= 15 is 0 Å². The maximum absolute atomic E-state index is 13.1. The highest BCUT2D eigenvalue weighted by atomic mass is 19.1. The van der Waals surface area contributed by atoms with Crippen LogP contribution in [0.5, 0.6) is 0 Å². The van der Waals surface area contributed by atoms with Gasteiger partial charge in [-0.1, -0.05) is 6.07 Å². The van der Waals surface area contributed by atoms with Crippen LogP contribution in [0, 0.1) is 12.7 Å². The summed E-state index contributed by atoms with van der Waals surface area (Å²) in [5, 5.41) is 3.26. The Bertz CT molecular complexity index is 908. The van der Waals surface area contributed by atoms with Gasteiger partial charge in [0.25, 0.3) is 0 Å². The van der Waals surface area contributed by atoms with Gasteiger partial charge < -0.3 is 15.1 Å². The zero-order valence-corrected chi connectivity index (χ0v) is 15.8. The van der Waals surface area contributed by atoms with Crippen LogP contribution in [0.2, 0.25) is 0 Å². The molecule has 0 amide bonds. The SMILES string of the molecule is Cc1cc(N2CCN(c3ccc(F)cc3)CC2)nc(NCc2ccccn2)n1. The Balaban J connectivity index is 1.40. The van der Waals surface area contributed by atoms with Crippen molar-refractivity contribution in [2.75, 3.05) is 41.3 Å². The molecule has 1 aliphatic rings. The van der Waals surface area contributed by atoms with Gasteiger partial charge in [0.1, 0.15) is 11.6 Å². The fourth-order valence-corrected chi connectivity index (χ4v) is 3.31. The van der Waals surface area contributed by atoms with Crippen LogP contribution in [-0.4, -0.2) is 41.1 Å². The number of aromatic nitrogens is 3. The molecular formula is C21H23FN6. The van der Waals surface area contributed by atoms with Crippen LogP contribution in [-0.2, 0) is 6.54 Å². The van der Waals surface area contributed by atoms with Gasteiger partial charge in [0.15, 0.2) is 0 Å². The van der Waals surface area contributed by atoms with Crippen LogP contribution in [0.25, 0.3) is 0 Å². The average Bonchev–Trinajstić information content (AvgIpc) is 2.73. The third-order valence-corrected chi connectivity index (χ3v) is 4.79. The second kappa shape index (κ2) is 8.21. The van der Waals surface area contributed by atoms with Gasteiger partial charge in [-0.25, -0.2) is 9.37 Å². The predicted octanol–water partition coefficient (Wildman–Crippen LogP) is 3.26. The number of hydrogen-bond acceptors (Lipinski definition) is 6. The minimum atomic E-state index is -0.204. The summed E-state index contributed by atoms with van der Waals surface area (Å²) in [7, 11) is 0. The van der Waals surface area contributed by atoms with E-state index in [1.165, 1.54) is 12.1 Å². The highest BCUT2D eigenvalue weighted by molar-refractivity contribution is 5.50. The predicted molar refractivity (Wildman–Crippen MR) is 109 cm³/mol. The lowest BCUT2D eigenvalue weighted by atomic mass is 10.2. The van der Waals surface area contributed by atoms with Crippen LogP contribution in [0.3, 0.4) is 0 Å². The lowest BCUT2D eigenvalue weighted by Crippen LogP contribution is -2.46. The molecule has 0 aliphatic carbocycles. The lowest BCUT2D eigenvalue weighted by molar-refractivity contribution is 0.624. The Kier molecular flexibility index (Phi) is 5.32. The first-order chi connectivity index (χ1) is 13.7. The summed E-state index contributed by atoms with van der Waals surface area (Å²) in [4.78, 5) is 18.0. The second-order valence-corrected chi connectivity index (χ2v) is 6.82. The van der Waals surface area contributed by atoms with E-state index in [-0.39, 0.29) is 5.82 Å². The molecule has 1 fully saturated rings. The highest BCUT2D eigenvalue weighted by Crippen LogP contribution is 2.21. The zero-order valence-electron chi connectivity index (χ0n) is 15.8. The number of pyridine rings is 1. The summed E-state index contributed by atoms with van der Waals surface area (Å²) in [6, 6.07) is 14.5. The van der Waals surface area contributed by atoms with Gasteiger partial charge in [-0.05, 0) is 43.3 Å². The number of anilines is 3. The number of rotatable bonds is 5. The van der Waals surface area contributed by atoms with Crippen LogP contribution in [0.4, 0.5) is 21.8 Å². The molecule has 2 aromatic heterocycles. The molecule has 1 aromatic carbocycles. The van der Waals surface area contributed by atoms with E-state index in [1.807, 2.05) is 43.3 Å². The Hall–Kier alpha value is -3.22. The van der Waals surface area contributed by atoms with Gasteiger partial charge in [-0.15, -0.1) is 0 Å². The molecule has 0 atom stereocenters. The molecule has 1 N–H and O–H groups in total. The molecule has 0 saturated carbocycles. The van der Waals surface area contributed by atoms with Crippen molar-refractivity contribution >= 4 is 17.5 Å². The summed E-state index contributed by atoms with van der Waals surface area (Å²) in [6.07, 6.45) is 1.78. The maximum atomic E-state index is 13.1. The van der Waals surface area contributed by atoms with Crippen LogP contribution >= 0.6 is 0 Å². The Morgan fingerprint density at radius 1 is 0.964 bits per heavy atom. The summed E-state index contributed by atoms with van der Waals surface area (Å²) >= 11 is 0. The number of hydrogen-bond donors (Lipinski definition) is 1. The number of nitrogens with zero attached hydrogens (tertiary/aromatic N) is 5. The molecule has 3 heterocycles. The smallest absolute Gasteiger partial charge is 0.225 e. The van der Waals surface area contributed by atoms with Crippen LogP contribution < -0.4 is 15.1 Å². The molecule has 1 saturated heterocycles. The summed E-state index contributed by atoms with van der Waals surface area (Å²) in [5.74, 6) is 1.33. The van der Waals surface area contributed by atoms with E-state index in [1.54, 1.807) is 6.20 Å². The standard InChI is InChI=1S/C21H23FN6/c1-16-14-20(26-21(25-16)24-15-18-4-2-3-9-23-18)28-12-10-27(11-13-28)19-7-5-17(22)6-8-19/h2-9,14H,10-13,15H2,1H3,(H,24,25,26). The summed E-state index contributed by atoms with van der Waals surface area (Å²) in [6.45, 7) is 6.01. The van der Waals surface area contributed by atoms with Gasteiger partial charge in [0, 0.05) is 49.8 Å². The van der Waals surface area contributed by atoms with Gasteiger partial charge in [0.05, 0.1) is 12.2 Å². The van der Waals surface area contributed by atoms with E-state index in [0.29, 0.717) is 12.5 Å². The minimum Gasteiger partial charge on any atom is -0.368 e. The topological polar surface area (TPSA) is 57.2 Å². The number of aryl methyl sites for hydroxylation is 1. The fraction of sp³-hybridized carbons (Fsp3) is 0.286. The quantitative estimate of drug-likeness (QED) is 0.736. The van der Waals surface area contributed by atoms with Crippen molar-refractivity contribution in [3.8, 4) is 0 Å². The summed E-state index contributed by atoms with van der Waals surface area (Å²) < 4.78 is 13.1. The molecule has 0 unspecified atom stereocenters. The molecule has 0 spiro atoms. The van der Waals surface area contributed by atoms with E-state index in [9.17, 15) is 4.39 Å². The van der Waals surface area contributed by atoms with E-state index in [0.717, 1.165) is 49.1 Å². The first-order valence-electron chi connectivity index (χ1n) is 9.42. The van der Waals surface area contributed by atoms with Crippen molar-refractivity contribution in [1.82, 2.24) is 15.0 Å². The molecule has 144 valence electrons. The maximum Gasteiger partial charge on any atom is 0.225 e. The lowest BCUT2D eigenvalue weighted by Gasteiger charge is -2.36. The highest BCUT2D eigenvalue weighted by Gasteiger charge is 2.19. The van der Waals surface area contributed by atoms with Crippen molar-refractivity contribution in [3.63, 3.8) is 0 Å². The first-order valence-corrected chi connectivity index (χ1v) is 9.42. The minimum absolute atomic E-state index is 0.204. The van der Waals surface area contributed by atoms with Crippen molar-refractivity contribution in [2.45, 2.75) is 13.5 Å². The molecule has 6 nitrogen and oxygen atoms in total. The van der Waals surface area contributed by atoms with E-state index in [4.69, 9.17) is 0 Å². The van der Waals surface area contributed by atoms with Gasteiger partial charge in [-0.2, -0.15) is 4.98 Å². The van der Waals surface area contributed by atoms with Gasteiger partial charge >= 0.3 is 0 Å². The Morgan fingerprint density at radius 3 is 2.43 bits per heavy atom. The molecule has 3 aromatic rings. The number of halogens is 1. The molecular weight excluding hydrogens is 355 g/mol. The van der Waals surface area contributed by atoms with Crippen molar-refractivity contribution in [2.24, 2.45) is 0 Å². The molecule has 1 aliphatic heterocycles. The van der Waals surface area contributed by atoms with Crippen LogP contribution in [0.1, 0.15) is 11.4 Å². The molecule has 0 radical (unpaired) electrons. The van der Waals surface area contributed by atoms with Crippen molar-refractivity contribution in [1.29, 1.82) is 0 Å². The largest absolute Gasteiger partial charge is 0.368 e. The third kappa shape index (κ3) is 4.36. The van der Waals surface area contributed by atoms with Gasteiger partial charge in [0.2, 0.25) is 5.95 Å². The molecule has 4 rings (SSSR count). The summed E-state index contributed by atoms with van der Waals surface area (Å²) in [5.41, 5.74) is 2.93. The van der Waals surface area contributed by atoms with E-state index < -0.39 is 0 Å². The molecule has 28 heavy (non-hydrogen) atoms. The second-order valence-electron chi connectivity index (χ2n) is 6.82. The Labute approximate surface area is 164 Å². The fourth-order valence-electron chi connectivity index (χ4n) is 3.31. The van der Waals surface area contributed by atoms with Crippen LogP contribution in [0.15, 0.2) is 54.7 Å². The van der Waals surface area contributed by atoms with Crippen molar-refractivity contribution in [3.05, 3.63) is 71.9 Å². The normalized spacial score (nSPS) is 14.2. The number of nitrogens with one attached hydrogen (secondary N) is 1. The zero-order chi connectivity index (χ0) is 19.3. The molecule has 7 heteroatoms. The Morgan fingerprint density at radius 2 is 1.71 bits per heavy atom. The average molecular weight is 378 g/mol. The molecule has 0 bridgehead atoms. The van der Waals surface area contributed by atoms with E-state index in [2.05, 4.69) is 30.1 Å². The van der Waals surface area contributed by atoms with Crippen molar-refractivity contribution < 1.29 is 4.39 Å². The first kappa shape index (κ1) is 18.2. The monoisotopic (exact) mass is 378 g/mol. The third-order valence-electron chi connectivity index (χ3n) is 4.79. The number of piperazine rings is 1. The van der Waals surface area contributed by atoms with Gasteiger partial charge in [-0.3, -0.25) is 4.98 Å².